The molecule has 0 unspecified atom stereocenters. The largest absolute Gasteiger partial charge is 0.355 e. The van der Waals surface area contributed by atoms with Crippen molar-refractivity contribution in [2.45, 2.75) is 39.2 Å². The Balaban J connectivity index is 2.10. The van der Waals surface area contributed by atoms with Crippen molar-refractivity contribution in [1.82, 2.24) is 10.2 Å². The van der Waals surface area contributed by atoms with E-state index in [2.05, 4.69) is 5.32 Å². The fraction of sp³-hybridized carbons (Fsp3) is 0.417. The van der Waals surface area contributed by atoms with Crippen LogP contribution in [0.2, 0.25) is 0 Å². The number of halogens is 1. The number of nitrogens with zero attached hydrogens (tertiary/aromatic N) is 2. The van der Waals surface area contributed by atoms with Crippen molar-refractivity contribution < 1.29 is 22.4 Å². The average molecular weight is 478 g/mol. The van der Waals surface area contributed by atoms with E-state index < -0.39 is 21.9 Å². The van der Waals surface area contributed by atoms with Gasteiger partial charge in [0.25, 0.3) is 0 Å². The van der Waals surface area contributed by atoms with Crippen LogP contribution < -0.4 is 9.62 Å². The predicted octanol–water partition coefficient (Wildman–Crippen LogP) is 2.97. The molecule has 0 bridgehead atoms. The third-order valence-corrected chi connectivity index (χ3v) is 6.46. The molecule has 0 aliphatic rings. The molecule has 0 radical (unpaired) electrons. The molecule has 2 aromatic carbocycles. The minimum absolute atomic E-state index is 0.0268. The van der Waals surface area contributed by atoms with Gasteiger partial charge in [0.05, 0.1) is 11.9 Å². The number of hydrogen-bond donors (Lipinski definition) is 1. The van der Waals surface area contributed by atoms with Gasteiger partial charge in [-0.2, -0.15) is 0 Å². The van der Waals surface area contributed by atoms with Crippen LogP contribution in [0, 0.1) is 5.82 Å². The summed E-state index contributed by atoms with van der Waals surface area (Å²) in [7, 11) is -3.74. The lowest BCUT2D eigenvalue weighted by Gasteiger charge is -2.29. The van der Waals surface area contributed by atoms with Crippen LogP contribution in [0.15, 0.2) is 54.6 Å². The summed E-state index contributed by atoms with van der Waals surface area (Å²) in [5, 5.41) is 2.74. The quantitative estimate of drug-likeness (QED) is 0.509. The van der Waals surface area contributed by atoms with Gasteiger partial charge in [0.1, 0.15) is 11.9 Å². The van der Waals surface area contributed by atoms with Gasteiger partial charge in [-0.1, -0.05) is 42.5 Å². The maximum atomic E-state index is 14.2. The zero-order valence-corrected chi connectivity index (χ0v) is 20.1. The first-order valence-electron chi connectivity index (χ1n) is 11.0. The van der Waals surface area contributed by atoms with Crippen LogP contribution in [0.3, 0.4) is 0 Å². The van der Waals surface area contributed by atoms with E-state index in [4.69, 9.17) is 0 Å². The third-order valence-electron chi connectivity index (χ3n) is 5.28. The first kappa shape index (κ1) is 26.3. The van der Waals surface area contributed by atoms with Crippen LogP contribution in [-0.4, -0.2) is 57.1 Å². The maximum absolute atomic E-state index is 14.2. The minimum atomic E-state index is -3.74. The fourth-order valence-electron chi connectivity index (χ4n) is 3.53. The van der Waals surface area contributed by atoms with Crippen molar-refractivity contribution in [3.05, 3.63) is 66.0 Å². The van der Waals surface area contributed by atoms with Crippen molar-refractivity contribution >= 4 is 27.5 Å². The van der Waals surface area contributed by atoms with Crippen LogP contribution in [-0.2, 0) is 26.0 Å². The highest BCUT2D eigenvalue weighted by Gasteiger charge is 2.26. The van der Waals surface area contributed by atoms with Gasteiger partial charge in [-0.15, -0.1) is 0 Å². The first-order valence-corrected chi connectivity index (χ1v) is 12.8. The second-order valence-electron chi connectivity index (χ2n) is 7.78. The summed E-state index contributed by atoms with van der Waals surface area (Å²) >= 11 is 0. The Labute approximate surface area is 195 Å². The molecule has 2 rings (SSSR count). The second-order valence-corrected chi connectivity index (χ2v) is 9.69. The van der Waals surface area contributed by atoms with Crippen molar-refractivity contribution in [3.63, 3.8) is 0 Å². The average Bonchev–Trinajstić information content (AvgIpc) is 2.77. The molecule has 180 valence electrons. The monoisotopic (exact) mass is 477 g/mol. The summed E-state index contributed by atoms with van der Waals surface area (Å²) < 4.78 is 39.6. The molecule has 0 heterocycles. The number of hydrogen-bond acceptors (Lipinski definition) is 4. The molecule has 0 saturated carbocycles. The Hall–Kier alpha value is -2.94. The number of sulfonamides is 1. The number of para-hydroxylation sites is 1. The topological polar surface area (TPSA) is 86.8 Å². The lowest BCUT2D eigenvalue weighted by atomic mass is 10.1. The number of carbonyl (C=O) groups excluding carboxylic acids is 2. The van der Waals surface area contributed by atoms with E-state index in [0.29, 0.717) is 19.5 Å². The molecule has 0 aromatic heterocycles. The first-order chi connectivity index (χ1) is 15.6. The summed E-state index contributed by atoms with van der Waals surface area (Å²) in [6.07, 6.45) is 1.80. The zero-order valence-electron chi connectivity index (χ0n) is 19.3. The van der Waals surface area contributed by atoms with Crippen molar-refractivity contribution in [2.75, 3.05) is 30.2 Å². The van der Waals surface area contributed by atoms with Crippen molar-refractivity contribution in [3.8, 4) is 0 Å². The molecule has 2 aromatic rings. The van der Waals surface area contributed by atoms with Gasteiger partial charge in [-0.3, -0.25) is 13.9 Å². The Kier molecular flexibility index (Phi) is 9.84. The number of anilines is 1. The van der Waals surface area contributed by atoms with Crippen molar-refractivity contribution in [1.29, 1.82) is 0 Å². The number of benzene rings is 2. The minimum Gasteiger partial charge on any atom is -0.355 e. The van der Waals surface area contributed by atoms with Crippen LogP contribution in [0.25, 0.3) is 0 Å². The SMILES string of the molecule is CCNC(=O)[C@H](C)N(CCc1ccccc1)C(=O)CCCN(c1ccccc1F)S(C)(=O)=O. The van der Waals surface area contributed by atoms with Gasteiger partial charge in [-0.05, 0) is 44.4 Å². The zero-order chi connectivity index (χ0) is 24.4. The molecular weight excluding hydrogens is 445 g/mol. The van der Waals surface area contributed by atoms with Crippen LogP contribution in [0.4, 0.5) is 10.1 Å². The molecule has 2 amide bonds. The number of amides is 2. The maximum Gasteiger partial charge on any atom is 0.242 e. The molecule has 0 aliphatic heterocycles. The molecule has 0 fully saturated rings. The lowest BCUT2D eigenvalue weighted by Crippen LogP contribution is -2.48. The molecule has 1 atom stereocenters. The van der Waals surface area contributed by atoms with E-state index in [1.165, 1.54) is 23.1 Å². The smallest absolute Gasteiger partial charge is 0.242 e. The van der Waals surface area contributed by atoms with Gasteiger partial charge < -0.3 is 10.2 Å². The lowest BCUT2D eigenvalue weighted by molar-refractivity contribution is -0.139. The van der Waals surface area contributed by atoms with E-state index in [9.17, 15) is 22.4 Å². The Morgan fingerprint density at radius 1 is 1.03 bits per heavy atom. The second kappa shape index (κ2) is 12.3. The summed E-state index contributed by atoms with van der Waals surface area (Å²) in [6.45, 7) is 4.24. The van der Waals surface area contributed by atoms with E-state index >= 15 is 0 Å². The number of rotatable bonds is 12. The van der Waals surface area contributed by atoms with Crippen LogP contribution in [0.5, 0.6) is 0 Å². The predicted molar refractivity (Wildman–Crippen MR) is 128 cm³/mol. The highest BCUT2D eigenvalue weighted by atomic mass is 32.2. The fourth-order valence-corrected chi connectivity index (χ4v) is 4.49. The Bertz CT molecular complexity index is 1030. The molecule has 7 nitrogen and oxygen atoms in total. The molecule has 0 spiro atoms. The van der Waals surface area contributed by atoms with Gasteiger partial charge >= 0.3 is 0 Å². The molecule has 0 aliphatic carbocycles. The van der Waals surface area contributed by atoms with Crippen molar-refractivity contribution in [2.24, 2.45) is 0 Å². The van der Waals surface area contributed by atoms with E-state index in [0.717, 1.165) is 16.1 Å². The summed E-state index contributed by atoms with van der Waals surface area (Å²) in [6, 6.07) is 14.6. The van der Waals surface area contributed by atoms with Gasteiger partial charge in [0.15, 0.2) is 0 Å². The van der Waals surface area contributed by atoms with E-state index in [1.54, 1.807) is 13.0 Å². The van der Waals surface area contributed by atoms with Crippen LogP contribution >= 0.6 is 0 Å². The highest BCUT2D eigenvalue weighted by Crippen LogP contribution is 2.22. The standard InChI is InChI=1S/C24H32FN3O4S/c1-4-26-24(30)19(2)27(18-16-20-11-6-5-7-12-20)23(29)15-10-17-28(33(3,31)32)22-14-9-8-13-21(22)25/h5-9,11-14,19H,4,10,15-18H2,1-3H3,(H,26,30)/t19-/m0/s1. The van der Waals surface area contributed by atoms with Gasteiger partial charge in [0.2, 0.25) is 21.8 Å². The molecule has 9 heteroatoms. The van der Waals surface area contributed by atoms with Gasteiger partial charge in [0, 0.05) is 26.1 Å². The Morgan fingerprint density at radius 2 is 1.67 bits per heavy atom. The number of carbonyl (C=O) groups is 2. The van der Waals surface area contributed by atoms with E-state index in [-0.39, 0.29) is 36.9 Å². The normalized spacial score (nSPS) is 12.1. The molecular formula is C24H32FN3O4S. The number of nitrogens with one attached hydrogen (secondary N) is 1. The summed E-state index contributed by atoms with van der Waals surface area (Å²) in [4.78, 5) is 27.0. The molecule has 33 heavy (non-hydrogen) atoms. The number of likely N-dealkylation sites (N-methyl/N-ethyl adjacent to an activating group) is 1. The van der Waals surface area contributed by atoms with Gasteiger partial charge in [-0.25, -0.2) is 12.8 Å². The Morgan fingerprint density at radius 3 is 2.27 bits per heavy atom. The van der Waals surface area contributed by atoms with E-state index in [1.807, 2.05) is 37.3 Å². The third kappa shape index (κ3) is 7.85. The molecule has 1 N–H and O–H groups in total. The highest BCUT2D eigenvalue weighted by molar-refractivity contribution is 7.92. The summed E-state index contributed by atoms with van der Waals surface area (Å²) in [5.41, 5.74) is 0.991. The summed E-state index contributed by atoms with van der Waals surface area (Å²) in [5.74, 6) is -1.15. The van der Waals surface area contributed by atoms with Crippen LogP contribution in [0.1, 0.15) is 32.3 Å². The molecule has 0 saturated heterocycles.